The van der Waals surface area contributed by atoms with Crippen LogP contribution in [0.4, 0.5) is 0 Å². The zero-order chi connectivity index (χ0) is 18.1. The topological polar surface area (TPSA) is 75.2 Å². The average Bonchev–Trinajstić information content (AvgIpc) is 3.01. The Hall–Kier alpha value is -2.80. The van der Waals surface area contributed by atoms with E-state index in [2.05, 4.69) is 15.3 Å². The zero-order valence-corrected chi connectivity index (χ0v) is 15.2. The van der Waals surface area contributed by atoms with Crippen LogP contribution in [0.2, 0.25) is 0 Å². The molecule has 1 N–H and O–H groups in total. The van der Waals surface area contributed by atoms with Crippen LogP contribution >= 0.6 is 11.3 Å². The molecule has 0 radical (unpaired) electrons. The molecule has 0 bridgehead atoms. The summed E-state index contributed by atoms with van der Waals surface area (Å²) in [5, 5.41) is 4.79. The van der Waals surface area contributed by atoms with Crippen molar-refractivity contribution in [3.8, 4) is 11.3 Å². The Bertz CT molecular complexity index is 981. The molecular weight excluding hydrogens is 348 g/mol. The first-order valence-corrected chi connectivity index (χ1v) is 9.38. The van der Waals surface area contributed by atoms with E-state index in [9.17, 15) is 9.59 Å². The first-order valence-electron chi connectivity index (χ1n) is 8.50. The number of carbonyl (C=O) groups is 2. The van der Waals surface area contributed by atoms with Crippen LogP contribution in [0.25, 0.3) is 21.5 Å². The lowest BCUT2D eigenvalue weighted by molar-refractivity contribution is -0.120. The highest BCUT2D eigenvalue weighted by Gasteiger charge is 2.20. The number of aromatic nitrogens is 2. The summed E-state index contributed by atoms with van der Waals surface area (Å²) < 4.78 is 1.05. The molecule has 1 fully saturated rings. The van der Waals surface area contributed by atoms with Crippen LogP contribution in [0.5, 0.6) is 0 Å². The number of nitrogens with one attached hydrogen (secondary N) is 1. The normalized spacial score (nSPS) is 15.0. The Morgan fingerprint density at radius 3 is 2.77 bits per heavy atom. The molecule has 7 heteroatoms. The second-order valence-electron chi connectivity index (χ2n) is 6.22. The van der Waals surface area contributed by atoms with Crippen molar-refractivity contribution in [2.45, 2.75) is 13.3 Å². The number of carbonyl (C=O) groups excluding carboxylic acids is 2. The van der Waals surface area contributed by atoms with Crippen molar-refractivity contribution < 1.29 is 9.59 Å². The Labute approximate surface area is 154 Å². The molecule has 26 heavy (non-hydrogen) atoms. The molecule has 1 aliphatic rings. The highest BCUT2D eigenvalue weighted by atomic mass is 32.1. The van der Waals surface area contributed by atoms with Crippen LogP contribution in [-0.4, -0.2) is 46.3 Å². The van der Waals surface area contributed by atoms with Gasteiger partial charge in [0.15, 0.2) is 0 Å². The SMILES string of the molecule is Cc1nc(-c2ccc(C(=O)N3CCNC(=O)CC3)cc2)c2sccc2n1. The molecule has 6 nitrogen and oxygen atoms in total. The molecule has 2 amide bonds. The third kappa shape index (κ3) is 3.17. The molecular formula is C19H18N4O2S. The molecule has 0 aliphatic carbocycles. The minimum atomic E-state index is -0.0480. The summed E-state index contributed by atoms with van der Waals surface area (Å²) >= 11 is 1.61. The van der Waals surface area contributed by atoms with Gasteiger partial charge in [0.05, 0.1) is 15.9 Å². The van der Waals surface area contributed by atoms with E-state index < -0.39 is 0 Å². The third-order valence-electron chi connectivity index (χ3n) is 4.42. The second-order valence-corrected chi connectivity index (χ2v) is 7.14. The highest BCUT2D eigenvalue weighted by molar-refractivity contribution is 7.17. The maximum atomic E-state index is 12.7. The number of rotatable bonds is 2. The van der Waals surface area contributed by atoms with Gasteiger partial charge in [0, 0.05) is 37.2 Å². The summed E-state index contributed by atoms with van der Waals surface area (Å²) in [6.45, 7) is 3.37. The number of amides is 2. The fourth-order valence-electron chi connectivity index (χ4n) is 3.10. The van der Waals surface area contributed by atoms with Crippen molar-refractivity contribution in [1.29, 1.82) is 0 Å². The minimum Gasteiger partial charge on any atom is -0.354 e. The lowest BCUT2D eigenvalue weighted by atomic mass is 10.1. The van der Waals surface area contributed by atoms with Crippen LogP contribution < -0.4 is 5.32 Å². The molecule has 0 atom stereocenters. The minimum absolute atomic E-state index is 0.00487. The van der Waals surface area contributed by atoms with Crippen LogP contribution in [0.1, 0.15) is 22.6 Å². The number of thiophene rings is 1. The van der Waals surface area contributed by atoms with Gasteiger partial charge in [-0.3, -0.25) is 9.59 Å². The number of aryl methyl sites for hydroxylation is 1. The van der Waals surface area contributed by atoms with E-state index >= 15 is 0 Å². The molecule has 4 rings (SSSR count). The maximum Gasteiger partial charge on any atom is 0.253 e. The predicted molar refractivity (Wildman–Crippen MR) is 101 cm³/mol. The lowest BCUT2D eigenvalue weighted by Gasteiger charge is -2.19. The van der Waals surface area contributed by atoms with E-state index in [-0.39, 0.29) is 11.8 Å². The third-order valence-corrected chi connectivity index (χ3v) is 5.33. The molecule has 0 saturated carbocycles. The molecule has 0 spiro atoms. The number of nitrogens with zero attached hydrogens (tertiary/aromatic N) is 3. The van der Waals surface area contributed by atoms with E-state index in [0.717, 1.165) is 27.3 Å². The van der Waals surface area contributed by atoms with Gasteiger partial charge >= 0.3 is 0 Å². The highest BCUT2D eigenvalue weighted by Crippen LogP contribution is 2.30. The average molecular weight is 366 g/mol. The Morgan fingerprint density at radius 1 is 1.15 bits per heavy atom. The molecule has 2 aromatic heterocycles. The number of fused-ring (bicyclic) bond motifs is 1. The van der Waals surface area contributed by atoms with E-state index in [4.69, 9.17) is 0 Å². The van der Waals surface area contributed by atoms with Crippen LogP contribution in [-0.2, 0) is 4.79 Å². The van der Waals surface area contributed by atoms with E-state index in [1.165, 1.54) is 0 Å². The van der Waals surface area contributed by atoms with Gasteiger partial charge in [-0.15, -0.1) is 11.3 Å². The van der Waals surface area contributed by atoms with Gasteiger partial charge in [0.1, 0.15) is 5.82 Å². The molecule has 3 aromatic rings. The van der Waals surface area contributed by atoms with Gasteiger partial charge in [0.25, 0.3) is 5.91 Å². The van der Waals surface area contributed by atoms with Gasteiger partial charge in [0.2, 0.25) is 5.91 Å². The van der Waals surface area contributed by atoms with Crippen molar-refractivity contribution in [3.05, 3.63) is 47.1 Å². The quantitative estimate of drug-likeness (QED) is 0.756. The Kier molecular flexibility index (Phi) is 4.38. The maximum absolute atomic E-state index is 12.7. The summed E-state index contributed by atoms with van der Waals surface area (Å²) in [6, 6.07) is 9.50. The van der Waals surface area contributed by atoms with E-state index in [1.54, 1.807) is 16.2 Å². The lowest BCUT2D eigenvalue weighted by Crippen LogP contribution is -2.34. The van der Waals surface area contributed by atoms with Gasteiger partial charge in [-0.1, -0.05) is 12.1 Å². The second kappa shape index (κ2) is 6.84. The predicted octanol–water partition coefficient (Wildman–Crippen LogP) is 2.63. The van der Waals surface area contributed by atoms with Crippen LogP contribution in [0, 0.1) is 6.92 Å². The standard InChI is InChI=1S/C19H18N4O2S/c1-12-21-15-7-11-26-18(15)17(22-12)13-2-4-14(5-3-13)19(25)23-9-6-16(24)20-8-10-23/h2-5,7,11H,6,8-10H2,1H3,(H,20,24). The van der Waals surface area contributed by atoms with Gasteiger partial charge in [-0.25, -0.2) is 9.97 Å². The zero-order valence-electron chi connectivity index (χ0n) is 14.4. The smallest absolute Gasteiger partial charge is 0.253 e. The first-order chi connectivity index (χ1) is 12.6. The molecule has 3 heterocycles. The molecule has 0 unspecified atom stereocenters. The largest absolute Gasteiger partial charge is 0.354 e. The molecule has 132 valence electrons. The van der Waals surface area contributed by atoms with E-state index in [1.807, 2.05) is 42.6 Å². The van der Waals surface area contributed by atoms with Crippen molar-refractivity contribution >= 4 is 33.4 Å². The first kappa shape index (κ1) is 16.7. The van der Waals surface area contributed by atoms with Gasteiger partial charge in [-0.05, 0) is 30.5 Å². The van der Waals surface area contributed by atoms with Crippen LogP contribution in [0.3, 0.4) is 0 Å². The summed E-state index contributed by atoms with van der Waals surface area (Å²) in [7, 11) is 0. The van der Waals surface area contributed by atoms with Crippen molar-refractivity contribution in [2.75, 3.05) is 19.6 Å². The van der Waals surface area contributed by atoms with Crippen molar-refractivity contribution in [2.24, 2.45) is 0 Å². The monoisotopic (exact) mass is 366 g/mol. The van der Waals surface area contributed by atoms with Gasteiger partial charge in [-0.2, -0.15) is 0 Å². The van der Waals surface area contributed by atoms with Crippen LogP contribution in [0.15, 0.2) is 35.7 Å². The van der Waals surface area contributed by atoms with Crippen molar-refractivity contribution in [3.63, 3.8) is 0 Å². The summed E-state index contributed by atoms with van der Waals surface area (Å²) in [5.74, 6) is 0.677. The molecule has 1 aliphatic heterocycles. The summed E-state index contributed by atoms with van der Waals surface area (Å²) in [6.07, 6.45) is 0.348. The number of benzene rings is 1. The van der Waals surface area contributed by atoms with Crippen molar-refractivity contribution in [1.82, 2.24) is 20.2 Å². The Balaban J connectivity index is 1.61. The summed E-state index contributed by atoms with van der Waals surface area (Å²) in [5.41, 5.74) is 3.42. The van der Waals surface area contributed by atoms with Gasteiger partial charge < -0.3 is 10.2 Å². The number of hydrogen-bond acceptors (Lipinski definition) is 5. The molecule has 1 saturated heterocycles. The Morgan fingerprint density at radius 2 is 1.96 bits per heavy atom. The summed E-state index contributed by atoms with van der Waals surface area (Å²) in [4.78, 5) is 34.9. The fourth-order valence-corrected chi connectivity index (χ4v) is 3.94. The molecule has 1 aromatic carbocycles. The van der Waals surface area contributed by atoms with E-state index in [0.29, 0.717) is 31.6 Å². The fraction of sp³-hybridized carbons (Fsp3) is 0.263. The number of hydrogen-bond donors (Lipinski definition) is 1.